The van der Waals surface area contributed by atoms with Crippen molar-refractivity contribution in [3.63, 3.8) is 0 Å². The molecule has 0 aliphatic heterocycles. The fourth-order valence-corrected chi connectivity index (χ4v) is 2.19. The lowest BCUT2D eigenvalue weighted by molar-refractivity contribution is 0.102. The molecule has 8 heteroatoms. The van der Waals surface area contributed by atoms with E-state index in [9.17, 15) is 4.79 Å². The number of thiazole rings is 1. The summed E-state index contributed by atoms with van der Waals surface area (Å²) >= 11 is 1.21. The molecule has 0 aliphatic carbocycles. The zero-order valence-electron chi connectivity index (χ0n) is 11.4. The van der Waals surface area contributed by atoms with E-state index in [2.05, 4.69) is 15.3 Å². The van der Waals surface area contributed by atoms with Crippen LogP contribution in [0.3, 0.4) is 0 Å². The Kier molecular flexibility index (Phi) is 4.04. The fourth-order valence-electron chi connectivity index (χ4n) is 1.65. The summed E-state index contributed by atoms with van der Waals surface area (Å²) in [7, 11) is 5.23. The predicted octanol–water partition coefficient (Wildman–Crippen LogP) is 1.45. The van der Waals surface area contributed by atoms with E-state index in [0.717, 1.165) is 5.69 Å². The summed E-state index contributed by atoms with van der Waals surface area (Å²) in [6.45, 7) is 0. The molecule has 20 heavy (non-hydrogen) atoms. The Bertz CT molecular complexity index is 626. The monoisotopic (exact) mass is 293 g/mol. The van der Waals surface area contributed by atoms with E-state index in [0.29, 0.717) is 16.7 Å². The molecule has 0 unspecified atom stereocenters. The average Bonchev–Trinajstić information content (AvgIpc) is 2.85. The van der Waals surface area contributed by atoms with Gasteiger partial charge in [0.2, 0.25) is 5.88 Å². The molecule has 106 valence electrons. The predicted molar refractivity (Wildman–Crippen MR) is 79.6 cm³/mol. The van der Waals surface area contributed by atoms with Crippen LogP contribution in [0.4, 0.5) is 16.5 Å². The number of ether oxygens (including phenoxy) is 1. The van der Waals surface area contributed by atoms with Gasteiger partial charge in [-0.05, 0) is 6.07 Å². The number of hydrogen-bond acceptors (Lipinski definition) is 7. The van der Waals surface area contributed by atoms with E-state index in [-0.39, 0.29) is 11.6 Å². The Balaban J connectivity index is 2.34. The first kappa shape index (κ1) is 14.1. The molecule has 2 heterocycles. The summed E-state index contributed by atoms with van der Waals surface area (Å²) in [5.41, 5.74) is 7.08. The van der Waals surface area contributed by atoms with Crippen LogP contribution in [0.1, 0.15) is 10.5 Å². The molecule has 0 saturated heterocycles. The van der Waals surface area contributed by atoms with Crippen molar-refractivity contribution in [1.82, 2.24) is 9.97 Å². The van der Waals surface area contributed by atoms with E-state index in [1.54, 1.807) is 17.6 Å². The van der Waals surface area contributed by atoms with Crippen molar-refractivity contribution in [2.45, 2.75) is 0 Å². The van der Waals surface area contributed by atoms with Gasteiger partial charge < -0.3 is 20.7 Å². The van der Waals surface area contributed by atoms with Crippen LogP contribution < -0.4 is 20.7 Å². The molecule has 7 nitrogen and oxygen atoms in total. The summed E-state index contributed by atoms with van der Waals surface area (Å²) in [5.74, 6) is -0.0138. The van der Waals surface area contributed by atoms with E-state index in [1.807, 2.05) is 19.0 Å². The minimum atomic E-state index is -0.354. The van der Waals surface area contributed by atoms with Crippen LogP contribution in [0.2, 0.25) is 0 Å². The van der Waals surface area contributed by atoms with Gasteiger partial charge in [-0.25, -0.2) is 9.97 Å². The largest absolute Gasteiger partial charge is 0.479 e. The third kappa shape index (κ3) is 2.80. The lowest BCUT2D eigenvalue weighted by atomic mass is 10.3. The number of nitrogens with two attached hydrogens (primary N) is 1. The number of nitrogens with zero attached hydrogens (tertiary/aromatic N) is 3. The van der Waals surface area contributed by atoms with Crippen LogP contribution in [0, 0.1) is 0 Å². The Morgan fingerprint density at radius 3 is 2.80 bits per heavy atom. The highest BCUT2D eigenvalue weighted by Gasteiger charge is 2.17. The van der Waals surface area contributed by atoms with Crippen LogP contribution in [-0.4, -0.2) is 37.1 Å². The first-order chi connectivity index (χ1) is 9.52. The van der Waals surface area contributed by atoms with Gasteiger partial charge in [-0.15, -0.1) is 11.3 Å². The van der Waals surface area contributed by atoms with Gasteiger partial charge in [0, 0.05) is 25.7 Å². The molecule has 2 aromatic rings. The summed E-state index contributed by atoms with van der Waals surface area (Å²) < 4.78 is 5.18. The number of pyridine rings is 1. The van der Waals surface area contributed by atoms with Gasteiger partial charge in [-0.3, -0.25) is 4.79 Å². The number of aromatic nitrogens is 2. The van der Waals surface area contributed by atoms with Crippen molar-refractivity contribution >= 4 is 33.8 Å². The van der Waals surface area contributed by atoms with E-state index < -0.39 is 0 Å². The number of nitrogens with one attached hydrogen (secondary N) is 1. The lowest BCUT2D eigenvalue weighted by Gasteiger charge is -2.19. The van der Waals surface area contributed by atoms with Crippen molar-refractivity contribution in [3.05, 3.63) is 23.3 Å². The van der Waals surface area contributed by atoms with Crippen molar-refractivity contribution in [3.8, 4) is 5.88 Å². The molecule has 0 fully saturated rings. The molecule has 0 aromatic carbocycles. The van der Waals surface area contributed by atoms with Gasteiger partial charge in [0.25, 0.3) is 5.91 Å². The minimum Gasteiger partial charge on any atom is -0.479 e. The second-order valence-corrected chi connectivity index (χ2v) is 5.02. The highest BCUT2D eigenvalue weighted by Crippen LogP contribution is 2.32. The summed E-state index contributed by atoms with van der Waals surface area (Å²) in [5, 5.41) is 4.71. The fraction of sp³-hybridized carbons (Fsp3) is 0.250. The van der Waals surface area contributed by atoms with Crippen LogP contribution in [0.25, 0.3) is 0 Å². The summed E-state index contributed by atoms with van der Waals surface area (Å²) in [6, 6.07) is 1.79. The van der Waals surface area contributed by atoms with E-state index in [1.165, 1.54) is 18.4 Å². The van der Waals surface area contributed by atoms with Crippen molar-refractivity contribution in [2.24, 2.45) is 0 Å². The third-order valence-corrected chi connectivity index (χ3v) is 3.24. The number of carbonyl (C=O) groups is 1. The Morgan fingerprint density at radius 2 is 2.25 bits per heavy atom. The molecule has 0 bridgehead atoms. The van der Waals surface area contributed by atoms with Gasteiger partial charge in [0.1, 0.15) is 11.4 Å². The second kappa shape index (κ2) is 5.74. The van der Waals surface area contributed by atoms with Crippen LogP contribution in [-0.2, 0) is 0 Å². The van der Waals surface area contributed by atoms with Gasteiger partial charge >= 0.3 is 0 Å². The van der Waals surface area contributed by atoms with Crippen LogP contribution >= 0.6 is 11.3 Å². The van der Waals surface area contributed by atoms with Crippen LogP contribution in [0.15, 0.2) is 17.6 Å². The normalized spacial score (nSPS) is 10.2. The molecule has 0 saturated carbocycles. The average molecular weight is 293 g/mol. The zero-order valence-corrected chi connectivity index (χ0v) is 12.2. The Labute approximate surface area is 120 Å². The molecule has 2 aromatic heterocycles. The maximum atomic E-state index is 12.1. The number of rotatable bonds is 4. The second-order valence-electron chi connectivity index (χ2n) is 4.13. The molecule has 3 N–H and O–H groups in total. The molecular weight excluding hydrogens is 278 g/mol. The molecular formula is C12H15N5O2S. The number of amides is 1. The van der Waals surface area contributed by atoms with E-state index in [4.69, 9.17) is 10.5 Å². The Morgan fingerprint density at radius 1 is 1.50 bits per heavy atom. The van der Waals surface area contributed by atoms with E-state index >= 15 is 0 Å². The minimum absolute atomic E-state index is 0.267. The molecule has 0 aliphatic rings. The van der Waals surface area contributed by atoms with Crippen LogP contribution in [0.5, 0.6) is 5.88 Å². The molecule has 0 radical (unpaired) electrons. The topological polar surface area (TPSA) is 93.4 Å². The first-order valence-corrected chi connectivity index (χ1v) is 6.63. The molecule has 0 spiro atoms. The number of hydrogen-bond donors (Lipinski definition) is 2. The SMILES string of the molecule is COc1nccc(N(C)C)c1NC(=O)c1csc(N)n1. The zero-order chi connectivity index (χ0) is 14.7. The third-order valence-electron chi connectivity index (χ3n) is 2.56. The van der Waals surface area contributed by atoms with Crippen molar-refractivity contribution < 1.29 is 9.53 Å². The molecule has 2 rings (SSSR count). The standard InChI is InChI=1S/C12H15N5O2S/c1-17(2)8-4-5-14-11(19-3)9(8)16-10(18)7-6-20-12(13)15-7/h4-6H,1-3H3,(H2,13,15)(H,16,18). The summed E-state index contributed by atoms with van der Waals surface area (Å²) in [6.07, 6.45) is 1.62. The maximum Gasteiger partial charge on any atom is 0.275 e. The Hall–Kier alpha value is -2.35. The van der Waals surface area contributed by atoms with Crippen molar-refractivity contribution in [1.29, 1.82) is 0 Å². The van der Waals surface area contributed by atoms with Crippen molar-refractivity contribution in [2.75, 3.05) is 37.2 Å². The first-order valence-electron chi connectivity index (χ1n) is 5.75. The van der Waals surface area contributed by atoms with Gasteiger partial charge in [-0.2, -0.15) is 0 Å². The lowest BCUT2D eigenvalue weighted by Crippen LogP contribution is -2.18. The summed E-state index contributed by atoms with van der Waals surface area (Å²) in [4.78, 5) is 22.0. The number of anilines is 3. The number of nitrogen functional groups attached to an aromatic ring is 1. The maximum absolute atomic E-state index is 12.1. The molecule has 1 amide bonds. The molecule has 0 atom stereocenters. The number of methoxy groups -OCH3 is 1. The van der Waals surface area contributed by atoms with Gasteiger partial charge in [-0.1, -0.05) is 0 Å². The highest BCUT2D eigenvalue weighted by molar-refractivity contribution is 7.13. The van der Waals surface area contributed by atoms with Gasteiger partial charge in [0.15, 0.2) is 5.13 Å². The van der Waals surface area contributed by atoms with Gasteiger partial charge in [0.05, 0.1) is 12.8 Å². The smallest absolute Gasteiger partial charge is 0.275 e. The highest BCUT2D eigenvalue weighted by atomic mass is 32.1. The quantitative estimate of drug-likeness (QED) is 0.886. The number of carbonyl (C=O) groups excluding carboxylic acids is 1.